The van der Waals surface area contributed by atoms with Crippen LogP contribution in [-0.2, 0) is 18.8 Å². The Kier molecular flexibility index (Phi) is 5.26. The predicted molar refractivity (Wildman–Crippen MR) is 133 cm³/mol. The van der Waals surface area contributed by atoms with Crippen molar-refractivity contribution in [2.75, 3.05) is 6.61 Å². The van der Waals surface area contributed by atoms with Gasteiger partial charge in [-0.05, 0) is 37.0 Å². The van der Waals surface area contributed by atoms with Crippen LogP contribution in [0.5, 0.6) is 0 Å². The molecular formula is C25H25ClN6O3. The summed E-state index contributed by atoms with van der Waals surface area (Å²) in [6, 6.07) is 3.83. The first-order chi connectivity index (χ1) is 16.9. The van der Waals surface area contributed by atoms with Gasteiger partial charge >= 0.3 is 5.69 Å². The van der Waals surface area contributed by atoms with E-state index in [0.29, 0.717) is 39.6 Å². The summed E-state index contributed by atoms with van der Waals surface area (Å²) >= 11 is 6.75. The van der Waals surface area contributed by atoms with Gasteiger partial charge in [-0.3, -0.25) is 13.9 Å². The molecule has 0 spiro atoms. The predicted octanol–water partition coefficient (Wildman–Crippen LogP) is 4.73. The molecular weight excluding hydrogens is 468 g/mol. The fourth-order valence-electron chi connectivity index (χ4n) is 5.04. The van der Waals surface area contributed by atoms with Gasteiger partial charge in [0, 0.05) is 55.7 Å². The highest BCUT2D eigenvalue weighted by atomic mass is 35.5. The average Bonchev–Trinajstić information content (AvgIpc) is 3.57. The second kappa shape index (κ2) is 8.35. The molecule has 0 unspecified atom stereocenters. The molecule has 10 heteroatoms. The number of fused-ring (bicyclic) bond motifs is 3. The number of aryl methyl sites for hydroxylation is 2. The van der Waals surface area contributed by atoms with Gasteiger partial charge in [0.05, 0.1) is 23.5 Å². The fraction of sp³-hybridized carbons (Fsp3) is 0.360. The third-order valence-electron chi connectivity index (χ3n) is 6.76. The molecule has 5 heterocycles. The van der Waals surface area contributed by atoms with E-state index in [1.54, 1.807) is 26.3 Å². The number of furan rings is 1. The largest absolute Gasteiger partial charge is 0.451 e. The maximum atomic E-state index is 13.6. The average molecular weight is 493 g/mol. The number of hydrogen-bond donors (Lipinski definition) is 0. The number of ether oxygens (including phenoxy) is 1. The summed E-state index contributed by atoms with van der Waals surface area (Å²) < 4.78 is 17.5. The van der Waals surface area contributed by atoms with Crippen LogP contribution >= 0.6 is 11.6 Å². The first-order valence-electron chi connectivity index (χ1n) is 11.7. The summed E-state index contributed by atoms with van der Waals surface area (Å²) in [4.78, 5) is 18.1. The monoisotopic (exact) mass is 492 g/mol. The van der Waals surface area contributed by atoms with Crippen LogP contribution in [0.2, 0.25) is 5.02 Å². The molecule has 1 fully saturated rings. The zero-order chi connectivity index (χ0) is 24.3. The Balaban J connectivity index is 1.68. The van der Waals surface area contributed by atoms with Gasteiger partial charge in [0.2, 0.25) is 0 Å². The van der Waals surface area contributed by atoms with Gasteiger partial charge in [-0.1, -0.05) is 18.5 Å². The van der Waals surface area contributed by atoms with E-state index in [4.69, 9.17) is 20.8 Å². The van der Waals surface area contributed by atoms with E-state index in [1.165, 1.54) is 0 Å². The quantitative estimate of drug-likeness (QED) is 0.360. The van der Waals surface area contributed by atoms with E-state index in [2.05, 4.69) is 22.1 Å². The van der Waals surface area contributed by atoms with Crippen molar-refractivity contribution in [3.8, 4) is 22.4 Å². The molecule has 6 rings (SSSR count). The summed E-state index contributed by atoms with van der Waals surface area (Å²) in [6.45, 7) is 2.70. The Labute approximate surface area is 205 Å². The first-order valence-corrected chi connectivity index (χ1v) is 12.1. The minimum absolute atomic E-state index is 0.0548. The SMILES string of the molecule is CC[C@H]1C[C@@H](n2c(=O)nc(-c3cnn(C)c3)c3oc4c(Cl)cc(-c5cnn(C)c5)cc4c32)CCO1. The zero-order valence-corrected chi connectivity index (χ0v) is 20.5. The molecule has 0 amide bonds. The Morgan fingerprint density at radius 3 is 2.49 bits per heavy atom. The van der Waals surface area contributed by atoms with Crippen LogP contribution in [-0.4, -0.2) is 41.8 Å². The van der Waals surface area contributed by atoms with Gasteiger partial charge in [-0.15, -0.1) is 0 Å². The summed E-state index contributed by atoms with van der Waals surface area (Å²) in [5, 5.41) is 9.80. The molecule has 1 aliphatic rings. The first kappa shape index (κ1) is 22.1. The van der Waals surface area contributed by atoms with Crippen molar-refractivity contribution < 1.29 is 9.15 Å². The molecule has 0 saturated carbocycles. The van der Waals surface area contributed by atoms with Crippen molar-refractivity contribution >= 4 is 33.7 Å². The van der Waals surface area contributed by atoms with Gasteiger partial charge in [0.25, 0.3) is 0 Å². The zero-order valence-electron chi connectivity index (χ0n) is 19.7. The molecule has 0 aliphatic carbocycles. The molecule has 180 valence electrons. The van der Waals surface area contributed by atoms with Gasteiger partial charge in [0.15, 0.2) is 11.2 Å². The topological polar surface area (TPSA) is 92.9 Å². The van der Waals surface area contributed by atoms with Crippen molar-refractivity contribution in [2.45, 2.75) is 38.3 Å². The minimum atomic E-state index is -0.316. The van der Waals surface area contributed by atoms with Crippen molar-refractivity contribution in [3.63, 3.8) is 0 Å². The lowest BCUT2D eigenvalue weighted by Gasteiger charge is -2.30. The molecule has 4 aromatic heterocycles. The van der Waals surface area contributed by atoms with Crippen LogP contribution < -0.4 is 5.69 Å². The van der Waals surface area contributed by atoms with Gasteiger partial charge in [-0.2, -0.15) is 15.2 Å². The normalized spacial score (nSPS) is 18.6. The lowest BCUT2D eigenvalue weighted by Crippen LogP contribution is -2.34. The second-order valence-electron chi connectivity index (χ2n) is 9.11. The highest BCUT2D eigenvalue weighted by Gasteiger charge is 2.29. The fourth-order valence-corrected chi connectivity index (χ4v) is 5.29. The van der Waals surface area contributed by atoms with Crippen LogP contribution in [0, 0.1) is 0 Å². The Morgan fingerprint density at radius 1 is 1.06 bits per heavy atom. The lowest BCUT2D eigenvalue weighted by molar-refractivity contribution is -0.00709. The standard InChI is InChI=1S/C25H25ClN6O3/c1-4-18-9-17(5-6-34-18)32-22-19-7-14(15-10-27-30(2)12-15)8-20(26)23(19)35-24(22)21(29-25(32)33)16-11-28-31(3)13-16/h7-8,10-13,17-18H,4-6,9H2,1-3H3/t17-,18-/m0/s1. The van der Waals surface area contributed by atoms with Crippen LogP contribution in [0.1, 0.15) is 32.2 Å². The Hall–Kier alpha value is -3.43. The van der Waals surface area contributed by atoms with E-state index < -0.39 is 0 Å². The van der Waals surface area contributed by atoms with Crippen LogP contribution in [0.25, 0.3) is 44.5 Å². The summed E-state index contributed by atoms with van der Waals surface area (Å²) in [6.07, 6.45) is 9.68. The number of nitrogens with zero attached hydrogens (tertiary/aromatic N) is 6. The van der Waals surface area contributed by atoms with Gasteiger partial charge in [0.1, 0.15) is 11.2 Å². The van der Waals surface area contributed by atoms with E-state index in [-0.39, 0.29) is 17.8 Å². The van der Waals surface area contributed by atoms with Gasteiger partial charge in [-0.25, -0.2) is 4.79 Å². The van der Waals surface area contributed by atoms with Crippen molar-refractivity contribution in [3.05, 3.63) is 52.4 Å². The third-order valence-corrected chi connectivity index (χ3v) is 7.04. The highest BCUT2D eigenvalue weighted by molar-refractivity contribution is 6.36. The Morgan fingerprint density at radius 2 is 1.80 bits per heavy atom. The second-order valence-corrected chi connectivity index (χ2v) is 9.52. The number of aromatic nitrogens is 6. The van der Waals surface area contributed by atoms with Crippen molar-refractivity contribution in [1.82, 2.24) is 29.1 Å². The molecule has 0 bridgehead atoms. The molecule has 1 saturated heterocycles. The molecule has 0 radical (unpaired) electrons. The van der Waals surface area contributed by atoms with Gasteiger partial charge < -0.3 is 9.15 Å². The molecule has 5 aromatic rings. The molecule has 0 N–H and O–H groups in total. The molecule has 1 aromatic carbocycles. The summed E-state index contributed by atoms with van der Waals surface area (Å²) in [5.74, 6) is 0. The number of hydrogen-bond acceptors (Lipinski definition) is 6. The van der Waals surface area contributed by atoms with E-state index in [9.17, 15) is 4.79 Å². The van der Waals surface area contributed by atoms with Crippen molar-refractivity contribution in [1.29, 1.82) is 0 Å². The highest BCUT2D eigenvalue weighted by Crippen LogP contribution is 2.41. The van der Waals surface area contributed by atoms with Crippen molar-refractivity contribution in [2.24, 2.45) is 14.1 Å². The maximum absolute atomic E-state index is 13.6. The maximum Gasteiger partial charge on any atom is 0.349 e. The number of benzene rings is 1. The van der Waals surface area contributed by atoms with E-state index >= 15 is 0 Å². The Bertz CT molecular complexity index is 1630. The van der Waals surface area contributed by atoms with Crippen LogP contribution in [0.4, 0.5) is 0 Å². The lowest BCUT2D eigenvalue weighted by atomic mass is 10.0. The van der Waals surface area contributed by atoms with Crippen LogP contribution in [0.15, 0.2) is 46.1 Å². The summed E-state index contributed by atoms with van der Waals surface area (Å²) in [7, 11) is 3.69. The molecule has 2 atom stereocenters. The third kappa shape index (κ3) is 3.66. The minimum Gasteiger partial charge on any atom is -0.451 e. The van der Waals surface area contributed by atoms with E-state index in [1.807, 2.05) is 38.6 Å². The van der Waals surface area contributed by atoms with E-state index in [0.717, 1.165) is 35.8 Å². The van der Waals surface area contributed by atoms with Crippen LogP contribution in [0.3, 0.4) is 0 Å². The molecule has 9 nitrogen and oxygen atoms in total. The smallest absolute Gasteiger partial charge is 0.349 e. The number of rotatable bonds is 4. The number of halogens is 1. The molecule has 35 heavy (non-hydrogen) atoms. The summed E-state index contributed by atoms with van der Waals surface area (Å²) in [5.41, 5.74) is 4.44. The molecule has 1 aliphatic heterocycles.